The smallest absolute Gasteiger partial charge is 0.0698 e. The van der Waals surface area contributed by atoms with Crippen molar-refractivity contribution >= 4 is 8.73 Å². The summed E-state index contributed by atoms with van der Waals surface area (Å²) in [7, 11) is 0.800. The normalized spacial score (nSPS) is 26.7. The molecule has 2 N–H and O–H groups in total. The lowest BCUT2D eigenvalue weighted by Crippen LogP contribution is -2.24. The zero-order chi connectivity index (χ0) is 6.36. The van der Waals surface area contributed by atoms with Gasteiger partial charge < -0.3 is 0 Å². The van der Waals surface area contributed by atoms with Crippen LogP contribution >= 0.6 is 8.73 Å². The molecule has 0 radical (unpaired) electrons. The second-order valence-electron chi connectivity index (χ2n) is 2.06. The van der Waals surface area contributed by atoms with Crippen molar-refractivity contribution in [3.05, 3.63) is 0 Å². The Bertz CT molecular complexity index is 43.4. The van der Waals surface area contributed by atoms with Gasteiger partial charge in [-0.1, -0.05) is 6.42 Å². The molecule has 0 amide bonds. The van der Waals surface area contributed by atoms with Crippen molar-refractivity contribution in [2.24, 2.45) is 0 Å². The van der Waals surface area contributed by atoms with E-state index in [1.54, 1.807) is 0 Å². The standard InChI is InChI=1S/C5H13N2OP/c1-2-4-8-6-7-9-5-3-1/h6-7,9H,1-5H2. The third-order valence-electron chi connectivity index (χ3n) is 1.26. The van der Waals surface area contributed by atoms with Crippen LogP contribution in [0.3, 0.4) is 0 Å². The molecule has 1 rings (SSSR count). The third-order valence-corrected chi connectivity index (χ3v) is 2.14. The fourth-order valence-electron chi connectivity index (χ4n) is 0.750. The van der Waals surface area contributed by atoms with Gasteiger partial charge in [0.05, 0.1) is 6.61 Å². The molecular weight excluding hydrogens is 135 g/mol. The van der Waals surface area contributed by atoms with Gasteiger partial charge in [0, 0.05) is 0 Å². The first kappa shape index (κ1) is 7.42. The maximum absolute atomic E-state index is 5.00. The number of hydrazine groups is 1. The van der Waals surface area contributed by atoms with Gasteiger partial charge in [-0.25, -0.2) is 5.20 Å². The zero-order valence-corrected chi connectivity index (χ0v) is 6.44. The number of hydrogen-bond donors (Lipinski definition) is 2. The van der Waals surface area contributed by atoms with E-state index in [0.717, 1.165) is 15.3 Å². The van der Waals surface area contributed by atoms with E-state index in [0.29, 0.717) is 0 Å². The molecule has 4 heteroatoms. The molecule has 0 spiro atoms. The molecular formula is C5H13N2OP. The van der Waals surface area contributed by atoms with Crippen molar-refractivity contribution in [2.75, 3.05) is 12.8 Å². The molecule has 0 aromatic carbocycles. The molecule has 1 unspecified atom stereocenters. The van der Waals surface area contributed by atoms with Crippen molar-refractivity contribution in [3.63, 3.8) is 0 Å². The van der Waals surface area contributed by atoms with Crippen LogP contribution in [-0.2, 0) is 4.84 Å². The molecule has 54 valence electrons. The van der Waals surface area contributed by atoms with Gasteiger partial charge in [-0.15, -0.1) is 5.59 Å². The molecule has 1 aliphatic heterocycles. The molecule has 9 heavy (non-hydrogen) atoms. The number of hydrogen-bond acceptors (Lipinski definition) is 3. The average molecular weight is 148 g/mol. The van der Waals surface area contributed by atoms with E-state index in [2.05, 4.69) is 10.8 Å². The van der Waals surface area contributed by atoms with Gasteiger partial charge in [0.2, 0.25) is 0 Å². The Labute approximate surface area is 57.3 Å². The Morgan fingerprint density at radius 1 is 1.22 bits per heavy atom. The highest BCUT2D eigenvalue weighted by molar-refractivity contribution is 7.35. The molecule has 3 nitrogen and oxygen atoms in total. The lowest BCUT2D eigenvalue weighted by atomic mass is 10.3. The first-order chi connectivity index (χ1) is 4.50. The van der Waals surface area contributed by atoms with Crippen LogP contribution in [-0.4, -0.2) is 12.8 Å². The fraction of sp³-hybridized carbons (Fsp3) is 1.00. The quantitative estimate of drug-likeness (QED) is 0.498. The highest BCUT2D eigenvalue weighted by atomic mass is 31.1. The van der Waals surface area contributed by atoms with Gasteiger partial charge in [0.15, 0.2) is 0 Å². The van der Waals surface area contributed by atoms with E-state index in [1.807, 2.05) is 0 Å². The lowest BCUT2D eigenvalue weighted by Gasteiger charge is -2.01. The SMILES string of the molecule is C1CCONNPCC1. The molecule has 1 fully saturated rings. The Kier molecular flexibility index (Phi) is 4.22. The molecule has 0 aromatic heterocycles. The van der Waals surface area contributed by atoms with E-state index in [1.165, 1.54) is 25.4 Å². The molecule has 0 saturated carbocycles. The highest BCUT2D eigenvalue weighted by Gasteiger charge is 1.93. The van der Waals surface area contributed by atoms with E-state index >= 15 is 0 Å². The Balaban J connectivity index is 2.02. The predicted octanol–water partition coefficient (Wildman–Crippen LogP) is 0.790. The molecule has 1 atom stereocenters. The van der Waals surface area contributed by atoms with Crippen molar-refractivity contribution in [3.8, 4) is 0 Å². The second-order valence-corrected chi connectivity index (χ2v) is 3.17. The monoisotopic (exact) mass is 148 g/mol. The second kappa shape index (κ2) is 5.12. The van der Waals surface area contributed by atoms with Crippen molar-refractivity contribution in [2.45, 2.75) is 19.3 Å². The van der Waals surface area contributed by atoms with Gasteiger partial charge >= 0.3 is 0 Å². The molecule has 0 aliphatic carbocycles. The first-order valence-corrected chi connectivity index (χ1v) is 4.55. The van der Waals surface area contributed by atoms with Crippen LogP contribution in [0.15, 0.2) is 0 Å². The van der Waals surface area contributed by atoms with E-state index in [-0.39, 0.29) is 0 Å². The zero-order valence-electron chi connectivity index (χ0n) is 5.44. The molecule has 1 aliphatic rings. The summed E-state index contributed by atoms with van der Waals surface area (Å²) in [6.07, 6.45) is 5.09. The van der Waals surface area contributed by atoms with Crippen molar-refractivity contribution in [1.29, 1.82) is 0 Å². The molecule has 0 bridgehead atoms. The Morgan fingerprint density at radius 2 is 2.22 bits per heavy atom. The number of rotatable bonds is 0. The maximum Gasteiger partial charge on any atom is 0.0698 e. The molecule has 0 aromatic rings. The average Bonchev–Trinajstić information content (AvgIpc) is 2.00. The summed E-state index contributed by atoms with van der Waals surface area (Å²) >= 11 is 0. The summed E-state index contributed by atoms with van der Waals surface area (Å²) in [6, 6.07) is 0. The van der Waals surface area contributed by atoms with Gasteiger partial charge in [-0.2, -0.15) is 0 Å². The van der Waals surface area contributed by atoms with Crippen molar-refractivity contribution < 1.29 is 4.84 Å². The van der Waals surface area contributed by atoms with Crippen LogP contribution in [0.1, 0.15) is 19.3 Å². The minimum atomic E-state index is 0.800. The van der Waals surface area contributed by atoms with Gasteiger partial charge in [-0.05, 0) is 27.7 Å². The fourth-order valence-corrected chi connectivity index (χ4v) is 1.45. The third kappa shape index (κ3) is 3.82. The Morgan fingerprint density at radius 3 is 3.22 bits per heavy atom. The molecule has 1 saturated heterocycles. The van der Waals surface area contributed by atoms with Crippen LogP contribution in [0.5, 0.6) is 0 Å². The van der Waals surface area contributed by atoms with Gasteiger partial charge in [0.25, 0.3) is 0 Å². The van der Waals surface area contributed by atoms with Crippen molar-refractivity contribution in [1.82, 2.24) is 10.8 Å². The maximum atomic E-state index is 5.00. The Hall–Kier alpha value is 0.310. The molecule has 1 heterocycles. The van der Waals surface area contributed by atoms with E-state index in [9.17, 15) is 0 Å². The minimum absolute atomic E-state index is 0.800. The van der Waals surface area contributed by atoms with Crippen LogP contribution < -0.4 is 10.8 Å². The summed E-state index contributed by atoms with van der Waals surface area (Å²) in [4.78, 5) is 5.00. The van der Waals surface area contributed by atoms with Crippen LogP contribution in [0.4, 0.5) is 0 Å². The summed E-state index contributed by atoms with van der Waals surface area (Å²) in [5.41, 5.74) is 2.69. The lowest BCUT2D eigenvalue weighted by molar-refractivity contribution is 0.0282. The highest BCUT2D eigenvalue weighted by Crippen LogP contribution is 2.08. The number of nitrogens with one attached hydrogen (secondary N) is 2. The van der Waals surface area contributed by atoms with Gasteiger partial charge in [0.1, 0.15) is 0 Å². The van der Waals surface area contributed by atoms with E-state index in [4.69, 9.17) is 4.84 Å². The first-order valence-electron chi connectivity index (χ1n) is 3.35. The van der Waals surface area contributed by atoms with Gasteiger partial charge in [-0.3, -0.25) is 4.84 Å². The minimum Gasteiger partial charge on any atom is -0.287 e. The summed E-state index contributed by atoms with van der Waals surface area (Å²) in [5, 5.41) is 2.98. The van der Waals surface area contributed by atoms with Crippen LogP contribution in [0, 0.1) is 0 Å². The van der Waals surface area contributed by atoms with Crippen LogP contribution in [0.25, 0.3) is 0 Å². The van der Waals surface area contributed by atoms with E-state index < -0.39 is 0 Å². The largest absolute Gasteiger partial charge is 0.287 e. The summed E-state index contributed by atoms with van der Waals surface area (Å²) in [6.45, 7) is 0.831. The predicted molar refractivity (Wildman–Crippen MR) is 39.3 cm³/mol. The topological polar surface area (TPSA) is 33.3 Å². The summed E-state index contributed by atoms with van der Waals surface area (Å²) < 4.78 is 0. The van der Waals surface area contributed by atoms with Crippen LogP contribution in [0.2, 0.25) is 0 Å². The summed E-state index contributed by atoms with van der Waals surface area (Å²) in [5.74, 6) is 0.